The molecular formula is C12H18O6. The normalized spacial score (nSPS) is 37.3. The monoisotopic (exact) mass is 258 g/mol. The third kappa shape index (κ3) is 3.17. The number of ether oxygens (including phenoxy) is 5. The lowest BCUT2D eigenvalue weighted by molar-refractivity contribution is -0.224. The summed E-state index contributed by atoms with van der Waals surface area (Å²) in [6, 6.07) is 0. The van der Waals surface area contributed by atoms with Gasteiger partial charge in [0.15, 0.2) is 12.4 Å². The van der Waals surface area contributed by atoms with Crippen LogP contribution in [0, 0.1) is 0 Å². The molecule has 0 saturated carbocycles. The molecule has 0 aromatic carbocycles. The molecule has 2 heterocycles. The van der Waals surface area contributed by atoms with Crippen molar-refractivity contribution in [3.63, 3.8) is 0 Å². The highest BCUT2D eigenvalue weighted by Gasteiger charge is 2.61. The van der Waals surface area contributed by atoms with E-state index in [1.165, 1.54) is 0 Å². The molecule has 2 fully saturated rings. The zero-order valence-electron chi connectivity index (χ0n) is 10.1. The molecule has 0 spiro atoms. The predicted octanol–water partition coefficient (Wildman–Crippen LogP) is 0.178. The van der Waals surface area contributed by atoms with Crippen LogP contribution in [0.4, 0.5) is 0 Å². The minimum absolute atomic E-state index is 0.127. The molecule has 2 aliphatic rings. The number of aliphatic hydroxyl groups is 1. The van der Waals surface area contributed by atoms with Crippen LogP contribution >= 0.6 is 0 Å². The van der Waals surface area contributed by atoms with Gasteiger partial charge in [0.2, 0.25) is 0 Å². The third-order valence-electron chi connectivity index (χ3n) is 2.57. The van der Waals surface area contributed by atoms with Crippen molar-refractivity contribution < 1.29 is 28.8 Å². The van der Waals surface area contributed by atoms with E-state index in [-0.39, 0.29) is 25.6 Å². The largest absolute Gasteiger partial charge is 0.393 e. The molecule has 0 aliphatic carbocycles. The van der Waals surface area contributed by atoms with Gasteiger partial charge in [-0.25, -0.2) is 0 Å². The summed E-state index contributed by atoms with van der Waals surface area (Å²) < 4.78 is 26.5. The molecule has 4 atom stereocenters. The smallest absolute Gasteiger partial charge is 0.314 e. The maximum Gasteiger partial charge on any atom is 0.314 e. The van der Waals surface area contributed by atoms with Crippen molar-refractivity contribution in [2.75, 3.05) is 26.4 Å². The van der Waals surface area contributed by atoms with Crippen molar-refractivity contribution in [2.24, 2.45) is 0 Å². The van der Waals surface area contributed by atoms with Crippen LogP contribution in [0.2, 0.25) is 0 Å². The Hall–Kier alpha value is -0.760. The average Bonchev–Trinajstić information content (AvgIpc) is 3.27. The van der Waals surface area contributed by atoms with Crippen molar-refractivity contribution >= 4 is 0 Å². The van der Waals surface area contributed by atoms with Crippen LogP contribution in [-0.4, -0.2) is 56.0 Å². The SMILES string of the molecule is C=CCOC1OC1COC1(OCC=C)OC1CO. The first-order valence-corrected chi connectivity index (χ1v) is 5.81. The first kappa shape index (κ1) is 13.7. The Morgan fingerprint density at radius 2 is 2.00 bits per heavy atom. The molecule has 0 amide bonds. The highest BCUT2D eigenvalue weighted by atomic mass is 17.0. The Morgan fingerprint density at radius 1 is 1.22 bits per heavy atom. The lowest BCUT2D eigenvalue weighted by atomic mass is 10.4. The standard InChI is InChI=1S/C12H18O6/c1-3-5-14-11-9(17-11)8-16-12(15-6-4-2)10(7-13)18-12/h3-4,9-11,13H,1-2,5-8H2. The molecule has 18 heavy (non-hydrogen) atoms. The van der Waals surface area contributed by atoms with Crippen LogP contribution in [0.15, 0.2) is 25.3 Å². The summed E-state index contributed by atoms with van der Waals surface area (Å²) in [5, 5.41) is 9.01. The maximum absolute atomic E-state index is 9.01. The number of rotatable bonds is 10. The molecule has 0 aromatic rings. The predicted molar refractivity (Wildman–Crippen MR) is 61.6 cm³/mol. The van der Waals surface area contributed by atoms with Crippen molar-refractivity contribution in [2.45, 2.75) is 24.5 Å². The van der Waals surface area contributed by atoms with E-state index in [0.29, 0.717) is 13.2 Å². The molecule has 2 aliphatic heterocycles. The van der Waals surface area contributed by atoms with Crippen molar-refractivity contribution in [1.29, 1.82) is 0 Å². The van der Waals surface area contributed by atoms with E-state index in [1.54, 1.807) is 12.2 Å². The van der Waals surface area contributed by atoms with Gasteiger partial charge in [-0.3, -0.25) is 0 Å². The first-order valence-electron chi connectivity index (χ1n) is 5.81. The van der Waals surface area contributed by atoms with Crippen LogP contribution in [0.1, 0.15) is 0 Å². The highest BCUT2D eigenvalue weighted by Crippen LogP contribution is 2.40. The summed E-state index contributed by atoms with van der Waals surface area (Å²) >= 11 is 0. The summed E-state index contributed by atoms with van der Waals surface area (Å²) in [6.45, 7) is 7.95. The van der Waals surface area contributed by atoms with Crippen molar-refractivity contribution in [3.05, 3.63) is 25.3 Å². The lowest BCUT2D eigenvalue weighted by Gasteiger charge is -2.12. The van der Waals surface area contributed by atoms with E-state index in [1.807, 2.05) is 0 Å². The molecule has 0 aromatic heterocycles. The molecule has 2 rings (SSSR count). The van der Waals surface area contributed by atoms with E-state index in [9.17, 15) is 0 Å². The average molecular weight is 258 g/mol. The summed E-state index contributed by atoms with van der Waals surface area (Å²) in [5.41, 5.74) is 0. The van der Waals surface area contributed by atoms with Crippen molar-refractivity contribution in [3.8, 4) is 0 Å². The summed E-state index contributed by atoms with van der Waals surface area (Å²) in [7, 11) is 0. The van der Waals surface area contributed by atoms with Gasteiger partial charge in [0.05, 0.1) is 26.4 Å². The van der Waals surface area contributed by atoms with Gasteiger partial charge < -0.3 is 28.8 Å². The van der Waals surface area contributed by atoms with Gasteiger partial charge in [0.1, 0.15) is 6.10 Å². The zero-order chi connectivity index (χ0) is 13.0. The molecule has 0 bridgehead atoms. The molecule has 6 heteroatoms. The van der Waals surface area contributed by atoms with Crippen LogP contribution < -0.4 is 0 Å². The fraction of sp³-hybridized carbons (Fsp3) is 0.667. The van der Waals surface area contributed by atoms with E-state index in [2.05, 4.69) is 13.2 Å². The number of hydrogen-bond donors (Lipinski definition) is 1. The maximum atomic E-state index is 9.01. The fourth-order valence-electron chi connectivity index (χ4n) is 1.54. The minimum atomic E-state index is -1.15. The second-order valence-corrected chi connectivity index (χ2v) is 3.97. The van der Waals surface area contributed by atoms with Crippen LogP contribution in [0.5, 0.6) is 0 Å². The van der Waals surface area contributed by atoms with Crippen LogP contribution in [-0.2, 0) is 23.7 Å². The Labute approximate surface area is 106 Å². The van der Waals surface area contributed by atoms with Crippen molar-refractivity contribution in [1.82, 2.24) is 0 Å². The van der Waals surface area contributed by atoms with Gasteiger partial charge in [0.25, 0.3) is 0 Å². The third-order valence-corrected chi connectivity index (χ3v) is 2.57. The van der Waals surface area contributed by atoms with E-state index < -0.39 is 12.1 Å². The first-order chi connectivity index (χ1) is 8.75. The molecular weight excluding hydrogens is 240 g/mol. The summed E-state index contributed by atoms with van der Waals surface area (Å²) in [5.74, 6) is -1.15. The second kappa shape index (κ2) is 5.92. The quantitative estimate of drug-likeness (QED) is 0.342. The van der Waals surface area contributed by atoms with Gasteiger partial charge >= 0.3 is 5.97 Å². The second-order valence-electron chi connectivity index (χ2n) is 3.97. The van der Waals surface area contributed by atoms with Gasteiger partial charge in [-0.2, -0.15) is 0 Å². The van der Waals surface area contributed by atoms with Crippen LogP contribution in [0.3, 0.4) is 0 Å². The number of epoxide rings is 2. The minimum Gasteiger partial charge on any atom is -0.393 e. The van der Waals surface area contributed by atoms with Crippen LogP contribution in [0.25, 0.3) is 0 Å². The zero-order valence-corrected chi connectivity index (χ0v) is 10.1. The molecule has 0 radical (unpaired) electrons. The summed E-state index contributed by atoms with van der Waals surface area (Å²) in [4.78, 5) is 0. The molecule has 1 N–H and O–H groups in total. The summed E-state index contributed by atoms with van der Waals surface area (Å²) in [6.07, 6.45) is 2.40. The topological polar surface area (TPSA) is 73.0 Å². The number of hydrogen-bond acceptors (Lipinski definition) is 6. The van der Waals surface area contributed by atoms with Gasteiger partial charge in [-0.1, -0.05) is 12.2 Å². The lowest BCUT2D eigenvalue weighted by Crippen LogP contribution is -2.28. The number of aliphatic hydroxyl groups excluding tert-OH is 1. The molecule has 2 saturated heterocycles. The van der Waals surface area contributed by atoms with Gasteiger partial charge in [-0.15, -0.1) is 13.2 Å². The molecule has 6 nitrogen and oxygen atoms in total. The fourth-order valence-corrected chi connectivity index (χ4v) is 1.54. The van der Waals surface area contributed by atoms with Gasteiger partial charge in [-0.05, 0) is 0 Å². The Kier molecular flexibility index (Phi) is 4.50. The Balaban J connectivity index is 1.68. The Bertz CT molecular complexity index is 307. The molecule has 4 unspecified atom stereocenters. The highest BCUT2D eigenvalue weighted by molar-refractivity contribution is 4.89. The van der Waals surface area contributed by atoms with E-state index >= 15 is 0 Å². The van der Waals surface area contributed by atoms with E-state index in [4.69, 9.17) is 28.8 Å². The molecule has 102 valence electrons. The van der Waals surface area contributed by atoms with Gasteiger partial charge in [0, 0.05) is 0 Å². The van der Waals surface area contributed by atoms with E-state index in [0.717, 1.165) is 0 Å². The Morgan fingerprint density at radius 3 is 2.61 bits per heavy atom.